The van der Waals surface area contributed by atoms with Gasteiger partial charge in [0.1, 0.15) is 11.6 Å². The van der Waals surface area contributed by atoms with Gasteiger partial charge in [-0.1, -0.05) is 6.07 Å². The minimum absolute atomic E-state index is 0.0518. The molecule has 0 saturated carbocycles. The van der Waals surface area contributed by atoms with Gasteiger partial charge in [-0.25, -0.2) is 17.6 Å². The molecule has 0 spiro atoms. The highest BCUT2D eigenvalue weighted by Gasteiger charge is 2.27. The highest BCUT2D eigenvalue weighted by atomic mass is 19.2. The molecule has 0 fully saturated rings. The van der Waals surface area contributed by atoms with E-state index in [9.17, 15) is 17.6 Å². The zero-order chi connectivity index (χ0) is 15.1. The number of rotatable bonds is 1. The van der Waals surface area contributed by atoms with Crippen molar-refractivity contribution in [3.05, 3.63) is 69.8 Å². The lowest BCUT2D eigenvalue weighted by Crippen LogP contribution is -2.17. The third-order valence-electron chi connectivity index (χ3n) is 4.13. The van der Waals surface area contributed by atoms with E-state index in [1.807, 2.05) is 0 Å². The molecule has 0 bridgehead atoms. The van der Waals surface area contributed by atoms with Gasteiger partial charge in [-0.05, 0) is 67.0 Å². The monoisotopic (exact) mass is 294 g/mol. The van der Waals surface area contributed by atoms with E-state index in [-0.39, 0.29) is 17.9 Å². The van der Waals surface area contributed by atoms with Crippen LogP contribution in [0.5, 0.6) is 0 Å². The van der Waals surface area contributed by atoms with Gasteiger partial charge in [0, 0.05) is 5.56 Å². The highest BCUT2D eigenvalue weighted by Crippen LogP contribution is 2.36. The summed E-state index contributed by atoms with van der Waals surface area (Å²) < 4.78 is 55.0. The molecule has 0 heterocycles. The molecule has 0 aromatic heterocycles. The van der Waals surface area contributed by atoms with Crippen LogP contribution in [0.1, 0.15) is 34.6 Å². The van der Waals surface area contributed by atoms with Crippen molar-refractivity contribution in [2.75, 3.05) is 0 Å². The first-order valence-corrected chi connectivity index (χ1v) is 6.88. The van der Waals surface area contributed by atoms with Gasteiger partial charge >= 0.3 is 0 Å². The Bertz CT molecular complexity index is 683. The first kappa shape index (κ1) is 14.1. The lowest BCUT2D eigenvalue weighted by molar-refractivity contribution is 0.461. The largest absolute Gasteiger partial charge is 0.207 e. The van der Waals surface area contributed by atoms with E-state index in [1.165, 1.54) is 18.2 Å². The smallest absolute Gasteiger partial charge is 0.162 e. The summed E-state index contributed by atoms with van der Waals surface area (Å²) in [7, 11) is 0. The molecule has 0 radical (unpaired) electrons. The van der Waals surface area contributed by atoms with Crippen LogP contribution >= 0.6 is 0 Å². The molecule has 1 unspecified atom stereocenters. The quantitative estimate of drug-likeness (QED) is 0.661. The second-order valence-electron chi connectivity index (χ2n) is 5.58. The minimum Gasteiger partial charge on any atom is -0.207 e. The van der Waals surface area contributed by atoms with Crippen molar-refractivity contribution in [3.8, 4) is 0 Å². The van der Waals surface area contributed by atoms with E-state index in [2.05, 4.69) is 0 Å². The van der Waals surface area contributed by atoms with Crippen LogP contribution in [0.15, 0.2) is 24.3 Å². The van der Waals surface area contributed by atoms with Crippen LogP contribution in [0.25, 0.3) is 0 Å². The molecular formula is C17H14F4. The van der Waals surface area contributed by atoms with Crippen molar-refractivity contribution in [1.29, 1.82) is 0 Å². The van der Waals surface area contributed by atoms with Crippen molar-refractivity contribution in [2.24, 2.45) is 0 Å². The van der Waals surface area contributed by atoms with E-state index >= 15 is 0 Å². The molecule has 4 heteroatoms. The van der Waals surface area contributed by atoms with Crippen LogP contribution in [-0.2, 0) is 12.8 Å². The van der Waals surface area contributed by atoms with Gasteiger partial charge in [-0.15, -0.1) is 0 Å². The summed E-state index contributed by atoms with van der Waals surface area (Å²) in [5.74, 6) is -3.19. The fourth-order valence-electron chi connectivity index (χ4n) is 3.13. The van der Waals surface area contributed by atoms with Gasteiger partial charge in [0.2, 0.25) is 0 Å². The Morgan fingerprint density at radius 3 is 2.29 bits per heavy atom. The highest BCUT2D eigenvalue weighted by molar-refractivity contribution is 5.37. The second kappa shape index (κ2) is 5.17. The molecule has 1 aliphatic rings. The Kier molecular flexibility index (Phi) is 3.47. The number of benzene rings is 2. The first-order chi connectivity index (χ1) is 9.97. The Labute approximate surface area is 120 Å². The summed E-state index contributed by atoms with van der Waals surface area (Å²) in [5.41, 5.74) is 1.54. The molecule has 0 amide bonds. The standard InChI is InChI=1S/C17H14F4/c1-9-6-14(19)16(15(20)7-9)11-2-4-12-10(8-11)3-5-13(18)17(12)21/h3,5-7,11H,2,4,8H2,1H3. The molecule has 0 N–H and O–H groups in total. The summed E-state index contributed by atoms with van der Waals surface area (Å²) >= 11 is 0. The van der Waals surface area contributed by atoms with Crippen LogP contribution in [0.3, 0.4) is 0 Å². The van der Waals surface area contributed by atoms with E-state index in [0.717, 1.165) is 6.07 Å². The lowest BCUT2D eigenvalue weighted by Gasteiger charge is -2.26. The molecule has 3 rings (SSSR count). The molecule has 21 heavy (non-hydrogen) atoms. The number of hydrogen-bond donors (Lipinski definition) is 0. The van der Waals surface area contributed by atoms with Crippen molar-refractivity contribution in [1.82, 2.24) is 0 Å². The number of halogens is 4. The van der Waals surface area contributed by atoms with Crippen molar-refractivity contribution in [2.45, 2.75) is 32.1 Å². The summed E-state index contributed by atoms with van der Waals surface area (Å²) in [4.78, 5) is 0. The number of hydrogen-bond acceptors (Lipinski definition) is 0. The Balaban J connectivity index is 1.99. The van der Waals surface area contributed by atoms with Gasteiger partial charge in [0.15, 0.2) is 11.6 Å². The van der Waals surface area contributed by atoms with Gasteiger partial charge in [-0.2, -0.15) is 0 Å². The molecule has 2 aromatic rings. The van der Waals surface area contributed by atoms with E-state index in [0.29, 0.717) is 29.5 Å². The van der Waals surface area contributed by atoms with E-state index in [4.69, 9.17) is 0 Å². The average molecular weight is 294 g/mol. The molecule has 0 nitrogen and oxygen atoms in total. The lowest BCUT2D eigenvalue weighted by atomic mass is 9.79. The molecule has 2 aromatic carbocycles. The first-order valence-electron chi connectivity index (χ1n) is 6.88. The SMILES string of the molecule is Cc1cc(F)c(C2CCc3c(ccc(F)c3F)C2)c(F)c1. The van der Waals surface area contributed by atoms with Gasteiger partial charge in [-0.3, -0.25) is 0 Å². The van der Waals surface area contributed by atoms with Gasteiger partial charge in [0.25, 0.3) is 0 Å². The zero-order valence-corrected chi connectivity index (χ0v) is 11.5. The molecule has 1 aliphatic carbocycles. The van der Waals surface area contributed by atoms with Crippen molar-refractivity contribution in [3.63, 3.8) is 0 Å². The minimum atomic E-state index is -0.875. The number of aryl methyl sites for hydroxylation is 1. The van der Waals surface area contributed by atoms with Gasteiger partial charge in [0.05, 0.1) is 0 Å². The van der Waals surface area contributed by atoms with Crippen LogP contribution < -0.4 is 0 Å². The van der Waals surface area contributed by atoms with Crippen LogP contribution in [0, 0.1) is 30.2 Å². The van der Waals surface area contributed by atoms with Crippen molar-refractivity contribution < 1.29 is 17.6 Å². The summed E-state index contributed by atoms with van der Waals surface area (Å²) in [5, 5.41) is 0. The van der Waals surface area contributed by atoms with E-state index in [1.54, 1.807) is 6.92 Å². The topological polar surface area (TPSA) is 0 Å². The summed E-state index contributed by atoms with van der Waals surface area (Å²) in [6, 6.07) is 5.18. The maximum absolute atomic E-state index is 14.0. The fourth-order valence-corrected chi connectivity index (χ4v) is 3.13. The Morgan fingerprint density at radius 2 is 1.62 bits per heavy atom. The van der Waals surface area contributed by atoms with Crippen LogP contribution in [-0.4, -0.2) is 0 Å². The normalized spacial score (nSPS) is 17.7. The van der Waals surface area contributed by atoms with Crippen LogP contribution in [0.4, 0.5) is 17.6 Å². The zero-order valence-electron chi connectivity index (χ0n) is 11.5. The Hall–Kier alpha value is -1.84. The third kappa shape index (κ3) is 2.43. The third-order valence-corrected chi connectivity index (χ3v) is 4.13. The molecular weight excluding hydrogens is 280 g/mol. The fraction of sp³-hybridized carbons (Fsp3) is 0.294. The summed E-state index contributed by atoms with van der Waals surface area (Å²) in [6.07, 6.45) is 1.02. The molecule has 0 saturated heterocycles. The van der Waals surface area contributed by atoms with Crippen LogP contribution in [0.2, 0.25) is 0 Å². The molecule has 1 atom stereocenters. The molecule has 0 aliphatic heterocycles. The van der Waals surface area contributed by atoms with Gasteiger partial charge < -0.3 is 0 Å². The predicted molar refractivity (Wildman–Crippen MR) is 72.2 cm³/mol. The maximum Gasteiger partial charge on any atom is 0.162 e. The maximum atomic E-state index is 14.0. The molecule has 110 valence electrons. The second-order valence-corrected chi connectivity index (χ2v) is 5.58. The van der Waals surface area contributed by atoms with E-state index < -0.39 is 23.3 Å². The summed E-state index contributed by atoms with van der Waals surface area (Å²) in [6.45, 7) is 1.63. The predicted octanol–water partition coefficient (Wildman–Crippen LogP) is 4.82. The Morgan fingerprint density at radius 1 is 0.952 bits per heavy atom. The van der Waals surface area contributed by atoms with Crippen molar-refractivity contribution >= 4 is 0 Å². The average Bonchev–Trinajstić information content (AvgIpc) is 2.42. The number of fused-ring (bicyclic) bond motifs is 1.